The highest BCUT2D eigenvalue weighted by Crippen LogP contribution is 2.43. The number of hydrogen-bond donors (Lipinski definition) is 2. The number of anilines is 1. The molecule has 5 nitrogen and oxygen atoms in total. The summed E-state index contributed by atoms with van der Waals surface area (Å²) in [6.45, 7) is 4.09. The first kappa shape index (κ1) is 23.0. The van der Waals surface area contributed by atoms with Gasteiger partial charge in [-0.3, -0.25) is 8.77 Å². The molecular formula is C26H29F2N3O2S. The van der Waals surface area contributed by atoms with Crippen molar-refractivity contribution in [3.8, 4) is 11.1 Å². The molecule has 1 unspecified atom stereocenters. The van der Waals surface area contributed by atoms with E-state index in [9.17, 15) is 13.4 Å². The van der Waals surface area contributed by atoms with Crippen molar-refractivity contribution < 1.29 is 17.8 Å². The highest BCUT2D eigenvalue weighted by molar-refractivity contribution is 7.83. The molecule has 2 heterocycles. The maximum Gasteiger partial charge on any atom is 0.253 e. The number of nitrogens with one attached hydrogen (secondary N) is 1. The summed E-state index contributed by atoms with van der Waals surface area (Å²) in [5.41, 5.74) is 8.13. The first-order valence-electron chi connectivity index (χ1n) is 11.8. The van der Waals surface area contributed by atoms with Gasteiger partial charge in [0.25, 0.3) is 5.91 Å². The number of carbonyl (C=O) groups is 1. The second-order valence-corrected chi connectivity index (χ2v) is 11.6. The maximum absolute atomic E-state index is 15.4. The van der Waals surface area contributed by atoms with Gasteiger partial charge in [-0.05, 0) is 60.6 Å². The summed E-state index contributed by atoms with van der Waals surface area (Å²) >= 11 is 0. The fraction of sp³-hybridized carbons (Fsp3) is 0.423. The molecule has 1 amide bonds. The Labute approximate surface area is 200 Å². The minimum absolute atomic E-state index is 0.140. The van der Waals surface area contributed by atoms with E-state index in [-0.39, 0.29) is 17.0 Å². The van der Waals surface area contributed by atoms with E-state index in [0.717, 1.165) is 36.9 Å². The van der Waals surface area contributed by atoms with Crippen LogP contribution in [0, 0.1) is 17.0 Å². The van der Waals surface area contributed by atoms with E-state index in [1.165, 1.54) is 24.6 Å². The van der Waals surface area contributed by atoms with Crippen LogP contribution in [0.25, 0.3) is 22.0 Å². The Bertz CT molecular complexity index is 1330. The van der Waals surface area contributed by atoms with Gasteiger partial charge < -0.3 is 11.1 Å². The highest BCUT2D eigenvalue weighted by atomic mass is 32.2. The van der Waals surface area contributed by atoms with Crippen molar-refractivity contribution in [2.24, 2.45) is 11.1 Å². The number of benzene rings is 2. The Morgan fingerprint density at radius 2 is 1.88 bits per heavy atom. The smallest absolute Gasteiger partial charge is 0.253 e. The first-order valence-corrected chi connectivity index (χ1v) is 13.0. The predicted octanol–water partition coefficient (Wildman–Crippen LogP) is 5.52. The van der Waals surface area contributed by atoms with Gasteiger partial charge in [0, 0.05) is 28.4 Å². The van der Waals surface area contributed by atoms with Crippen molar-refractivity contribution in [1.29, 1.82) is 0 Å². The average molecular weight is 486 g/mol. The predicted molar refractivity (Wildman–Crippen MR) is 132 cm³/mol. The van der Waals surface area contributed by atoms with Crippen LogP contribution in [0.4, 0.5) is 14.5 Å². The quantitative estimate of drug-likeness (QED) is 0.511. The number of nitrogens with zero attached hydrogens (tertiary/aromatic N) is 1. The number of hydrogen-bond acceptors (Lipinski definition) is 3. The van der Waals surface area contributed by atoms with Gasteiger partial charge in [0.15, 0.2) is 0 Å². The molecule has 34 heavy (non-hydrogen) atoms. The van der Waals surface area contributed by atoms with E-state index >= 15 is 4.39 Å². The lowest BCUT2D eigenvalue weighted by molar-refractivity contribution is 0.0997. The number of halogens is 2. The molecule has 1 aliphatic carbocycles. The molecule has 0 radical (unpaired) electrons. The minimum atomic E-state index is -1.38. The topological polar surface area (TPSA) is 77.1 Å². The van der Waals surface area contributed by atoms with E-state index in [4.69, 9.17) is 5.73 Å². The Kier molecular flexibility index (Phi) is 5.74. The summed E-state index contributed by atoms with van der Waals surface area (Å²) in [6.07, 6.45) is 5.82. The van der Waals surface area contributed by atoms with E-state index in [1.807, 2.05) is 13.8 Å². The number of amides is 1. The normalized spacial score (nSPS) is 20.3. The summed E-state index contributed by atoms with van der Waals surface area (Å²) in [4.78, 5) is 12.1. The third kappa shape index (κ3) is 4.02. The number of primary amides is 1. The standard InChI is InChI=1S/C26H29F2N3O2S/c1-26(2)13-22-23(18-9-8-16(27)12-21(18)31(22)34(33)14-26)15-10-19(28)24(25(29)32)20(11-15)30-17-6-4-3-5-7-17/h8-12,17,30H,3-7,13-14H2,1-2H3,(H2,29,32). The van der Waals surface area contributed by atoms with Gasteiger partial charge >= 0.3 is 0 Å². The monoisotopic (exact) mass is 485 g/mol. The molecule has 0 saturated heterocycles. The summed E-state index contributed by atoms with van der Waals surface area (Å²) in [5.74, 6) is -1.50. The highest BCUT2D eigenvalue weighted by Gasteiger charge is 2.35. The number of nitrogens with two attached hydrogens (primary N) is 1. The first-order chi connectivity index (χ1) is 16.1. The van der Waals surface area contributed by atoms with Crippen molar-refractivity contribution in [1.82, 2.24) is 3.97 Å². The Balaban J connectivity index is 1.74. The summed E-state index contributed by atoms with van der Waals surface area (Å²) in [7, 11) is -1.38. The summed E-state index contributed by atoms with van der Waals surface area (Å²) in [6, 6.07) is 7.62. The zero-order valence-corrected chi connectivity index (χ0v) is 20.2. The van der Waals surface area contributed by atoms with Crippen LogP contribution in [0.15, 0.2) is 30.3 Å². The fourth-order valence-corrected chi connectivity index (χ4v) is 7.16. The van der Waals surface area contributed by atoms with Crippen LogP contribution in [0.1, 0.15) is 62.0 Å². The summed E-state index contributed by atoms with van der Waals surface area (Å²) in [5, 5.41) is 4.07. The molecule has 3 aromatic rings. The van der Waals surface area contributed by atoms with Gasteiger partial charge in [-0.25, -0.2) is 13.0 Å². The van der Waals surface area contributed by atoms with Gasteiger partial charge in [0.05, 0.1) is 16.8 Å². The molecule has 1 fully saturated rings. The van der Waals surface area contributed by atoms with Gasteiger partial charge in [-0.15, -0.1) is 0 Å². The number of carbonyl (C=O) groups excluding carboxylic acids is 1. The lowest BCUT2D eigenvalue weighted by atomic mass is 9.87. The van der Waals surface area contributed by atoms with Crippen LogP contribution in [-0.4, -0.2) is 25.9 Å². The molecular weight excluding hydrogens is 456 g/mol. The number of fused-ring (bicyclic) bond motifs is 3. The Morgan fingerprint density at radius 1 is 1.15 bits per heavy atom. The van der Waals surface area contributed by atoms with E-state index in [2.05, 4.69) is 5.32 Å². The maximum atomic E-state index is 15.4. The third-order valence-corrected chi connectivity index (χ3v) is 8.79. The van der Waals surface area contributed by atoms with Gasteiger partial charge in [-0.1, -0.05) is 33.1 Å². The van der Waals surface area contributed by atoms with Crippen LogP contribution in [-0.2, 0) is 17.4 Å². The van der Waals surface area contributed by atoms with Crippen LogP contribution in [0.3, 0.4) is 0 Å². The molecule has 1 saturated carbocycles. The zero-order valence-electron chi connectivity index (χ0n) is 19.4. The van der Waals surface area contributed by atoms with Crippen molar-refractivity contribution in [3.05, 3.63) is 53.2 Å². The summed E-state index contributed by atoms with van der Waals surface area (Å²) < 4.78 is 44.5. The molecule has 2 aromatic carbocycles. The van der Waals surface area contributed by atoms with Crippen molar-refractivity contribution >= 4 is 33.5 Å². The zero-order chi connectivity index (χ0) is 24.2. The lowest BCUT2D eigenvalue weighted by Gasteiger charge is -2.31. The van der Waals surface area contributed by atoms with Crippen LogP contribution in [0.5, 0.6) is 0 Å². The molecule has 0 bridgehead atoms. The Morgan fingerprint density at radius 3 is 2.59 bits per heavy atom. The average Bonchev–Trinajstić information content (AvgIpc) is 3.05. The van der Waals surface area contributed by atoms with Crippen LogP contribution in [0.2, 0.25) is 0 Å². The van der Waals surface area contributed by atoms with Crippen molar-refractivity contribution in [2.45, 2.75) is 58.4 Å². The van der Waals surface area contributed by atoms with E-state index in [1.54, 1.807) is 16.1 Å². The largest absolute Gasteiger partial charge is 0.382 e. The fourth-order valence-electron chi connectivity index (χ4n) is 5.49. The molecule has 1 aliphatic heterocycles. The molecule has 2 aliphatic rings. The van der Waals surface area contributed by atoms with Crippen LogP contribution >= 0.6 is 0 Å². The van der Waals surface area contributed by atoms with Gasteiger partial charge in [-0.2, -0.15) is 0 Å². The van der Waals surface area contributed by atoms with E-state index in [0.29, 0.717) is 34.3 Å². The minimum Gasteiger partial charge on any atom is -0.382 e. The molecule has 3 N–H and O–H groups in total. The number of aromatic nitrogens is 1. The van der Waals surface area contributed by atoms with Gasteiger partial charge in [0.2, 0.25) is 0 Å². The molecule has 5 rings (SSSR count). The molecule has 1 atom stereocenters. The van der Waals surface area contributed by atoms with Gasteiger partial charge in [0.1, 0.15) is 22.6 Å². The van der Waals surface area contributed by atoms with Crippen molar-refractivity contribution in [2.75, 3.05) is 11.1 Å². The lowest BCUT2D eigenvalue weighted by Crippen LogP contribution is -2.33. The van der Waals surface area contributed by atoms with E-state index < -0.39 is 28.5 Å². The second kappa shape index (κ2) is 8.48. The molecule has 1 aromatic heterocycles. The molecule has 0 spiro atoms. The van der Waals surface area contributed by atoms with Crippen molar-refractivity contribution in [3.63, 3.8) is 0 Å². The molecule has 180 valence electrons. The van der Waals surface area contributed by atoms with Crippen LogP contribution < -0.4 is 11.1 Å². The third-order valence-electron chi connectivity index (χ3n) is 6.94. The SMILES string of the molecule is CC1(C)Cc2c(-c3cc(F)c(C(N)=O)c(NC4CCCCC4)c3)c3ccc(F)cc3n2S(=O)C1. The molecule has 8 heteroatoms. The second-order valence-electron chi connectivity index (χ2n) is 10.3. The number of rotatable bonds is 4. The Hall–Kier alpha value is -2.74.